The average Bonchev–Trinajstić information content (AvgIpc) is 3.08. The minimum atomic E-state index is -0.274. The van der Waals surface area contributed by atoms with Crippen LogP contribution in [0.25, 0.3) is 11.3 Å². The third-order valence-electron chi connectivity index (χ3n) is 8.64. The van der Waals surface area contributed by atoms with Crippen molar-refractivity contribution in [1.29, 1.82) is 5.41 Å². The molecule has 11 nitrogen and oxygen atoms in total. The number of nitrogens with one attached hydrogen (secondary N) is 4. The number of amides is 1. The SMILES string of the molecule is C=CC(=O)Nc1cc(Nc2cc(-c3ccc(C=N)c(NC)c3)ncn2)c(OC)cc1N1CCC(N2CCN(CC)CC2)CC1. The van der Waals surface area contributed by atoms with E-state index in [1.807, 2.05) is 43.4 Å². The fourth-order valence-corrected chi connectivity index (χ4v) is 6.08. The van der Waals surface area contributed by atoms with Crippen molar-refractivity contribution in [1.82, 2.24) is 19.8 Å². The van der Waals surface area contributed by atoms with E-state index in [0.717, 1.165) is 86.9 Å². The zero-order valence-corrected chi connectivity index (χ0v) is 25.9. The van der Waals surface area contributed by atoms with Crippen LogP contribution in [0.5, 0.6) is 5.75 Å². The van der Waals surface area contributed by atoms with Crippen LogP contribution in [0.1, 0.15) is 25.3 Å². The smallest absolute Gasteiger partial charge is 0.247 e. The van der Waals surface area contributed by atoms with E-state index in [2.05, 4.69) is 54.1 Å². The average molecular weight is 598 g/mol. The highest BCUT2D eigenvalue weighted by molar-refractivity contribution is 6.02. The van der Waals surface area contributed by atoms with Gasteiger partial charge < -0.3 is 35.9 Å². The second kappa shape index (κ2) is 14.3. The minimum Gasteiger partial charge on any atom is -0.494 e. The van der Waals surface area contributed by atoms with Crippen LogP contribution in [0, 0.1) is 5.41 Å². The van der Waals surface area contributed by atoms with E-state index in [9.17, 15) is 4.79 Å². The van der Waals surface area contributed by atoms with Crippen molar-refractivity contribution in [2.24, 2.45) is 0 Å². The molecule has 0 aliphatic carbocycles. The number of rotatable bonds is 11. The number of methoxy groups -OCH3 is 1. The number of piperidine rings is 1. The Hall–Kier alpha value is -4.48. The molecule has 0 radical (unpaired) electrons. The molecule has 4 N–H and O–H groups in total. The molecule has 3 heterocycles. The van der Waals surface area contributed by atoms with E-state index in [1.165, 1.54) is 18.6 Å². The predicted molar refractivity (Wildman–Crippen MR) is 179 cm³/mol. The lowest BCUT2D eigenvalue weighted by Crippen LogP contribution is -2.53. The molecule has 2 aromatic carbocycles. The summed E-state index contributed by atoms with van der Waals surface area (Å²) in [6.07, 6.45) is 6.25. The van der Waals surface area contributed by atoms with Crippen molar-refractivity contribution in [3.05, 3.63) is 60.9 Å². The summed E-state index contributed by atoms with van der Waals surface area (Å²) in [6, 6.07) is 12.1. The number of nitrogens with zero attached hydrogens (tertiary/aromatic N) is 5. The zero-order valence-electron chi connectivity index (χ0n) is 25.9. The van der Waals surface area contributed by atoms with Gasteiger partial charge in [0.1, 0.15) is 17.9 Å². The lowest BCUT2D eigenvalue weighted by molar-refractivity contribution is -0.111. The van der Waals surface area contributed by atoms with Crippen molar-refractivity contribution < 1.29 is 9.53 Å². The Balaban J connectivity index is 1.37. The fourth-order valence-electron chi connectivity index (χ4n) is 6.08. The Labute approximate surface area is 259 Å². The monoisotopic (exact) mass is 597 g/mol. The van der Waals surface area contributed by atoms with Crippen molar-refractivity contribution in [2.45, 2.75) is 25.8 Å². The molecule has 2 fully saturated rings. The number of piperazine rings is 1. The molecule has 1 aromatic heterocycles. The van der Waals surface area contributed by atoms with E-state index >= 15 is 0 Å². The fraction of sp³-hybridized carbons (Fsp3) is 0.394. The molecule has 44 heavy (non-hydrogen) atoms. The first-order chi connectivity index (χ1) is 21.5. The van der Waals surface area contributed by atoms with E-state index in [1.54, 1.807) is 7.11 Å². The van der Waals surface area contributed by atoms with Gasteiger partial charge >= 0.3 is 0 Å². The highest BCUT2D eigenvalue weighted by Gasteiger charge is 2.28. The number of ether oxygens (including phenoxy) is 1. The highest BCUT2D eigenvalue weighted by Crippen LogP contribution is 2.40. The van der Waals surface area contributed by atoms with E-state index < -0.39 is 0 Å². The second-order valence-electron chi connectivity index (χ2n) is 11.1. The maximum absolute atomic E-state index is 12.5. The molecule has 0 saturated carbocycles. The summed E-state index contributed by atoms with van der Waals surface area (Å²) < 4.78 is 5.84. The lowest BCUT2D eigenvalue weighted by Gasteiger charge is -2.43. The van der Waals surface area contributed by atoms with Crippen LogP contribution in [-0.4, -0.2) is 97.9 Å². The lowest BCUT2D eigenvalue weighted by atomic mass is 10.0. The third-order valence-corrected chi connectivity index (χ3v) is 8.64. The number of hydrogen-bond donors (Lipinski definition) is 4. The minimum absolute atomic E-state index is 0.274. The molecular weight excluding hydrogens is 554 g/mol. The number of hydrogen-bond acceptors (Lipinski definition) is 10. The van der Waals surface area contributed by atoms with Gasteiger partial charge in [-0.05, 0) is 37.6 Å². The van der Waals surface area contributed by atoms with Crippen molar-refractivity contribution in [3.63, 3.8) is 0 Å². The van der Waals surface area contributed by atoms with Gasteiger partial charge in [-0.15, -0.1) is 0 Å². The molecule has 5 rings (SSSR count). The van der Waals surface area contributed by atoms with Gasteiger partial charge in [-0.25, -0.2) is 9.97 Å². The molecule has 0 bridgehead atoms. The number of carbonyl (C=O) groups is 1. The van der Waals surface area contributed by atoms with E-state index in [-0.39, 0.29) is 5.91 Å². The van der Waals surface area contributed by atoms with Crippen LogP contribution in [0.2, 0.25) is 0 Å². The molecule has 0 spiro atoms. The van der Waals surface area contributed by atoms with Gasteiger partial charge in [-0.3, -0.25) is 9.69 Å². The van der Waals surface area contributed by atoms with Crippen LogP contribution >= 0.6 is 0 Å². The normalized spacial score (nSPS) is 16.3. The summed E-state index contributed by atoms with van der Waals surface area (Å²) in [5, 5.41) is 17.1. The standard InChI is InChI=1S/C33H43N9O2/c1-5-33(43)39-28-18-29(38-32-19-27(36-22-37-32)23-7-8-24(21-34)26(17-23)35-3)31(44-4)20-30(28)42-11-9-25(10-12-42)41-15-13-40(6-2)14-16-41/h5,7-8,17-22,25,34-35H,1,6,9-16H2,2-4H3,(H,39,43)(H,36,37,38). The Morgan fingerprint density at radius 1 is 1.05 bits per heavy atom. The highest BCUT2D eigenvalue weighted by atomic mass is 16.5. The number of likely N-dealkylation sites (N-methyl/N-ethyl adjacent to an activating group) is 1. The van der Waals surface area contributed by atoms with Gasteiger partial charge in [0.2, 0.25) is 5.91 Å². The molecule has 2 aliphatic rings. The van der Waals surface area contributed by atoms with Crippen molar-refractivity contribution in [3.8, 4) is 17.0 Å². The molecule has 0 atom stereocenters. The Morgan fingerprint density at radius 2 is 1.82 bits per heavy atom. The van der Waals surface area contributed by atoms with Crippen LogP contribution < -0.4 is 25.6 Å². The third kappa shape index (κ3) is 7.00. The van der Waals surface area contributed by atoms with Crippen LogP contribution in [0.3, 0.4) is 0 Å². The van der Waals surface area contributed by atoms with E-state index in [0.29, 0.717) is 29.0 Å². The molecule has 1 amide bonds. The maximum Gasteiger partial charge on any atom is 0.247 e. The molecule has 0 unspecified atom stereocenters. The number of carbonyl (C=O) groups excluding carboxylic acids is 1. The van der Waals surface area contributed by atoms with Crippen molar-refractivity contribution in [2.75, 3.05) is 80.8 Å². The Kier molecular flexibility index (Phi) is 10.1. The van der Waals surface area contributed by atoms with Gasteiger partial charge in [-0.1, -0.05) is 25.6 Å². The van der Waals surface area contributed by atoms with Gasteiger partial charge in [0.25, 0.3) is 0 Å². The largest absolute Gasteiger partial charge is 0.494 e. The molecule has 11 heteroatoms. The summed E-state index contributed by atoms with van der Waals surface area (Å²) in [4.78, 5) is 28.9. The molecule has 2 saturated heterocycles. The summed E-state index contributed by atoms with van der Waals surface area (Å²) in [5.41, 5.74) is 5.52. The first-order valence-corrected chi connectivity index (χ1v) is 15.2. The Bertz CT molecular complexity index is 1480. The van der Waals surface area contributed by atoms with Gasteiger partial charge in [-0.2, -0.15) is 0 Å². The van der Waals surface area contributed by atoms with Gasteiger partial charge in [0, 0.05) is 87.5 Å². The maximum atomic E-state index is 12.5. The first-order valence-electron chi connectivity index (χ1n) is 15.2. The first kappa shape index (κ1) is 31.0. The zero-order chi connectivity index (χ0) is 31.1. The van der Waals surface area contributed by atoms with E-state index in [4.69, 9.17) is 10.1 Å². The molecule has 3 aromatic rings. The summed E-state index contributed by atoms with van der Waals surface area (Å²) in [5.74, 6) is 0.944. The topological polar surface area (TPSA) is 122 Å². The van der Waals surface area contributed by atoms with Crippen LogP contribution in [-0.2, 0) is 4.79 Å². The van der Waals surface area contributed by atoms with Crippen LogP contribution in [0.4, 0.5) is 28.6 Å². The molecule has 232 valence electrons. The van der Waals surface area contributed by atoms with Crippen molar-refractivity contribution >= 4 is 40.7 Å². The van der Waals surface area contributed by atoms with Crippen LogP contribution in [0.15, 0.2) is 55.4 Å². The quantitative estimate of drug-likeness (QED) is 0.185. The summed E-state index contributed by atoms with van der Waals surface area (Å²) in [7, 11) is 3.47. The second-order valence-corrected chi connectivity index (χ2v) is 11.1. The predicted octanol–water partition coefficient (Wildman–Crippen LogP) is 4.67. The number of anilines is 5. The Morgan fingerprint density at radius 3 is 2.48 bits per heavy atom. The number of benzene rings is 2. The van der Waals surface area contributed by atoms with Gasteiger partial charge in [0.15, 0.2) is 0 Å². The summed E-state index contributed by atoms with van der Waals surface area (Å²) >= 11 is 0. The molecule has 2 aliphatic heterocycles. The summed E-state index contributed by atoms with van der Waals surface area (Å²) in [6.45, 7) is 13.3. The molecular formula is C33H43N9O2. The van der Waals surface area contributed by atoms with Gasteiger partial charge in [0.05, 0.1) is 29.9 Å². The number of aromatic nitrogens is 2.